The minimum absolute atomic E-state index is 0.174. The fourth-order valence-corrected chi connectivity index (χ4v) is 1.24. The van der Waals surface area contributed by atoms with Crippen molar-refractivity contribution in [3.8, 4) is 0 Å². The highest BCUT2D eigenvalue weighted by molar-refractivity contribution is 6.24. The zero-order valence-electron chi connectivity index (χ0n) is 6.17. The van der Waals surface area contributed by atoms with E-state index < -0.39 is 0 Å². The van der Waals surface area contributed by atoms with Gasteiger partial charge in [0.25, 0.3) is 0 Å². The third-order valence-electron chi connectivity index (χ3n) is 1.98. The summed E-state index contributed by atoms with van der Waals surface area (Å²) in [5, 5.41) is 0. The third-order valence-corrected chi connectivity index (χ3v) is 1.98. The fourth-order valence-electron chi connectivity index (χ4n) is 1.24. The molecule has 3 heteroatoms. The summed E-state index contributed by atoms with van der Waals surface area (Å²) in [7, 11) is 7.17. The maximum atomic E-state index is 10.9. The van der Waals surface area contributed by atoms with Gasteiger partial charge in [-0.2, -0.15) is 0 Å². The van der Waals surface area contributed by atoms with Crippen LogP contribution in [0, 0.1) is 0 Å². The van der Waals surface area contributed by atoms with Crippen molar-refractivity contribution < 1.29 is 9.53 Å². The number of Topliss-reactive ketones (excluding diaryl/α,β-unsaturated/α-hetero) is 1. The zero-order valence-corrected chi connectivity index (χ0v) is 6.17. The molecule has 10 heavy (non-hydrogen) atoms. The molecule has 2 atom stereocenters. The van der Waals surface area contributed by atoms with Gasteiger partial charge >= 0.3 is 0 Å². The Bertz CT molecular complexity index is 136. The van der Waals surface area contributed by atoms with E-state index in [-0.39, 0.29) is 17.7 Å². The lowest BCUT2D eigenvalue weighted by atomic mass is 9.73. The summed E-state index contributed by atoms with van der Waals surface area (Å²) >= 11 is 0. The zero-order chi connectivity index (χ0) is 7.56. The second-order valence-corrected chi connectivity index (χ2v) is 2.70. The molecule has 0 saturated heterocycles. The fraction of sp³-hybridized carbons (Fsp3) is 0.857. The van der Waals surface area contributed by atoms with Crippen LogP contribution in [0.25, 0.3) is 0 Å². The van der Waals surface area contributed by atoms with Crippen LogP contribution in [0.1, 0.15) is 19.3 Å². The van der Waals surface area contributed by atoms with Crippen molar-refractivity contribution in [2.75, 3.05) is 7.11 Å². The molecular formula is C7H11BO2. The Kier molecular flexibility index (Phi) is 2.49. The minimum atomic E-state index is -0.279. The minimum Gasteiger partial charge on any atom is -0.381 e. The van der Waals surface area contributed by atoms with Crippen LogP contribution in [0.4, 0.5) is 0 Å². The molecule has 1 aliphatic rings. The number of rotatable bonds is 1. The molecule has 0 aromatic rings. The van der Waals surface area contributed by atoms with Crippen molar-refractivity contribution in [3.05, 3.63) is 0 Å². The first-order valence-corrected chi connectivity index (χ1v) is 3.55. The summed E-state index contributed by atoms with van der Waals surface area (Å²) in [6.07, 6.45) is 2.31. The lowest BCUT2D eigenvalue weighted by molar-refractivity contribution is -0.122. The van der Waals surface area contributed by atoms with Crippen molar-refractivity contribution in [1.82, 2.24) is 0 Å². The lowest BCUT2D eigenvalue weighted by Crippen LogP contribution is -2.25. The number of hydrogen-bond donors (Lipinski definition) is 0. The van der Waals surface area contributed by atoms with Gasteiger partial charge in [-0.25, -0.2) is 0 Å². The number of ether oxygens (including phenoxy) is 1. The predicted octanol–water partition coefficient (Wildman–Crippen LogP) is 0.711. The topological polar surface area (TPSA) is 26.3 Å². The smallest absolute Gasteiger partial charge is 0.127 e. The average Bonchev–Trinajstić information content (AvgIpc) is 1.95. The van der Waals surface area contributed by atoms with Crippen LogP contribution < -0.4 is 0 Å². The van der Waals surface area contributed by atoms with E-state index >= 15 is 0 Å². The molecule has 0 amide bonds. The summed E-state index contributed by atoms with van der Waals surface area (Å²) in [6.45, 7) is 0. The van der Waals surface area contributed by atoms with E-state index in [2.05, 4.69) is 0 Å². The van der Waals surface area contributed by atoms with E-state index in [1.807, 2.05) is 0 Å². The van der Waals surface area contributed by atoms with Crippen LogP contribution in [0.2, 0.25) is 5.82 Å². The van der Waals surface area contributed by atoms with Crippen molar-refractivity contribution in [2.45, 2.75) is 31.2 Å². The maximum Gasteiger partial charge on any atom is 0.127 e. The molecule has 1 fully saturated rings. The van der Waals surface area contributed by atoms with Gasteiger partial charge < -0.3 is 9.53 Å². The van der Waals surface area contributed by atoms with Crippen molar-refractivity contribution in [1.29, 1.82) is 0 Å². The molecule has 0 aromatic carbocycles. The Morgan fingerprint density at radius 1 is 1.70 bits per heavy atom. The van der Waals surface area contributed by atoms with Gasteiger partial charge in [-0.3, -0.25) is 0 Å². The Morgan fingerprint density at radius 3 is 2.90 bits per heavy atom. The van der Waals surface area contributed by atoms with Gasteiger partial charge in [-0.1, -0.05) is 0 Å². The van der Waals surface area contributed by atoms with Gasteiger partial charge in [0, 0.05) is 13.5 Å². The molecule has 1 saturated carbocycles. The van der Waals surface area contributed by atoms with Crippen LogP contribution >= 0.6 is 0 Å². The molecule has 2 unspecified atom stereocenters. The summed E-state index contributed by atoms with van der Waals surface area (Å²) in [5.41, 5.74) is 0. The Labute approximate surface area is 62.3 Å². The van der Waals surface area contributed by atoms with Crippen molar-refractivity contribution >= 4 is 13.6 Å². The van der Waals surface area contributed by atoms with Gasteiger partial charge in [-0.05, 0) is 18.7 Å². The quantitative estimate of drug-likeness (QED) is 0.498. The normalized spacial score (nSPS) is 34.3. The van der Waals surface area contributed by atoms with Crippen LogP contribution in [0.15, 0.2) is 0 Å². The van der Waals surface area contributed by atoms with E-state index in [1.54, 1.807) is 7.11 Å². The second kappa shape index (κ2) is 3.19. The highest BCUT2D eigenvalue weighted by atomic mass is 16.5. The molecule has 1 rings (SSSR count). The van der Waals surface area contributed by atoms with E-state index in [1.165, 1.54) is 0 Å². The van der Waals surface area contributed by atoms with E-state index in [9.17, 15) is 4.79 Å². The molecule has 0 spiro atoms. The van der Waals surface area contributed by atoms with E-state index in [0.717, 1.165) is 6.42 Å². The van der Waals surface area contributed by atoms with Gasteiger partial charge in [0.15, 0.2) is 0 Å². The third kappa shape index (κ3) is 1.60. The van der Waals surface area contributed by atoms with Crippen LogP contribution in [0.3, 0.4) is 0 Å². The van der Waals surface area contributed by atoms with Gasteiger partial charge in [0.1, 0.15) is 5.78 Å². The average molecular weight is 138 g/mol. The molecule has 54 valence electrons. The number of carbonyl (C=O) groups excluding carboxylic acids is 1. The molecule has 0 aromatic heterocycles. The van der Waals surface area contributed by atoms with Gasteiger partial charge in [0.2, 0.25) is 0 Å². The SMILES string of the molecule is [B]C1CC(OC)CCC1=O. The standard InChI is InChI=1S/C7H11BO2/c1-10-5-2-3-7(9)6(8)4-5/h5-6H,2-4H2,1H3. The molecule has 0 N–H and O–H groups in total. The Hall–Kier alpha value is -0.305. The van der Waals surface area contributed by atoms with E-state index in [0.29, 0.717) is 12.8 Å². The maximum absolute atomic E-state index is 10.9. The van der Waals surface area contributed by atoms with Crippen LogP contribution in [0.5, 0.6) is 0 Å². The summed E-state index contributed by atoms with van der Waals surface area (Å²) in [5.74, 6) is -0.105. The molecule has 0 heterocycles. The summed E-state index contributed by atoms with van der Waals surface area (Å²) in [4.78, 5) is 10.9. The lowest BCUT2D eigenvalue weighted by Gasteiger charge is -2.24. The number of methoxy groups -OCH3 is 1. The molecule has 1 aliphatic carbocycles. The molecule has 0 bridgehead atoms. The highest BCUT2D eigenvalue weighted by Gasteiger charge is 2.24. The monoisotopic (exact) mass is 138 g/mol. The number of carbonyl (C=O) groups is 1. The molecule has 0 aliphatic heterocycles. The first-order valence-electron chi connectivity index (χ1n) is 3.55. The van der Waals surface area contributed by atoms with Crippen LogP contribution in [-0.4, -0.2) is 26.8 Å². The molecular weight excluding hydrogens is 127 g/mol. The predicted molar refractivity (Wildman–Crippen MR) is 39.2 cm³/mol. The number of hydrogen-bond acceptors (Lipinski definition) is 2. The first kappa shape index (κ1) is 7.80. The summed E-state index contributed by atoms with van der Waals surface area (Å²) < 4.78 is 5.08. The van der Waals surface area contributed by atoms with Crippen molar-refractivity contribution in [2.24, 2.45) is 0 Å². The first-order chi connectivity index (χ1) is 4.74. The summed E-state index contributed by atoms with van der Waals surface area (Å²) in [6, 6.07) is 0. The van der Waals surface area contributed by atoms with E-state index in [4.69, 9.17) is 12.6 Å². The second-order valence-electron chi connectivity index (χ2n) is 2.70. The largest absolute Gasteiger partial charge is 0.381 e. The highest BCUT2D eigenvalue weighted by Crippen LogP contribution is 2.24. The van der Waals surface area contributed by atoms with Gasteiger partial charge in [0.05, 0.1) is 14.0 Å². The molecule has 2 nitrogen and oxygen atoms in total. The van der Waals surface area contributed by atoms with Gasteiger partial charge in [-0.15, -0.1) is 0 Å². The van der Waals surface area contributed by atoms with Crippen molar-refractivity contribution in [3.63, 3.8) is 0 Å². The number of ketones is 1. The molecule has 2 radical (unpaired) electrons. The Morgan fingerprint density at radius 2 is 2.40 bits per heavy atom. The Balaban J connectivity index is 2.40. The van der Waals surface area contributed by atoms with Crippen LogP contribution in [-0.2, 0) is 9.53 Å².